The minimum atomic E-state index is -4.79. The summed E-state index contributed by atoms with van der Waals surface area (Å²) in [7, 11) is 0. The molecular formula is C15H16F3N3O. The Kier molecular flexibility index (Phi) is 3.80. The first kappa shape index (κ1) is 14.9. The van der Waals surface area contributed by atoms with Crippen molar-refractivity contribution in [3.8, 4) is 0 Å². The largest absolute Gasteiger partial charge is 0.471 e. The van der Waals surface area contributed by atoms with Crippen LogP contribution in [0.15, 0.2) is 23.2 Å². The van der Waals surface area contributed by atoms with Crippen LogP contribution in [-0.4, -0.2) is 55.9 Å². The number of benzene rings is 1. The van der Waals surface area contributed by atoms with Gasteiger partial charge in [-0.2, -0.15) is 13.2 Å². The summed E-state index contributed by atoms with van der Waals surface area (Å²) in [5, 5.41) is 0. The van der Waals surface area contributed by atoms with Gasteiger partial charge in [0.2, 0.25) is 0 Å². The maximum atomic E-state index is 12.5. The van der Waals surface area contributed by atoms with Gasteiger partial charge in [0, 0.05) is 44.6 Å². The highest BCUT2D eigenvalue weighted by Gasteiger charge is 2.43. The number of fused-ring (bicyclic) bond motifs is 1. The van der Waals surface area contributed by atoms with Crippen molar-refractivity contribution in [3.05, 3.63) is 29.3 Å². The molecule has 1 fully saturated rings. The van der Waals surface area contributed by atoms with E-state index in [4.69, 9.17) is 0 Å². The van der Waals surface area contributed by atoms with Crippen molar-refractivity contribution >= 4 is 17.8 Å². The second-order valence-corrected chi connectivity index (χ2v) is 5.41. The van der Waals surface area contributed by atoms with Gasteiger partial charge in [-0.25, -0.2) is 0 Å². The summed E-state index contributed by atoms with van der Waals surface area (Å²) in [6.07, 6.45) is -2.11. The highest BCUT2D eigenvalue weighted by atomic mass is 19.4. The predicted molar refractivity (Wildman–Crippen MR) is 77.5 cm³/mol. The Bertz CT molecular complexity index is 605. The van der Waals surface area contributed by atoms with Crippen LogP contribution < -0.4 is 4.90 Å². The van der Waals surface area contributed by atoms with E-state index in [-0.39, 0.29) is 13.1 Å². The molecule has 0 bridgehead atoms. The van der Waals surface area contributed by atoms with E-state index in [0.29, 0.717) is 13.1 Å². The van der Waals surface area contributed by atoms with Crippen molar-refractivity contribution in [2.75, 3.05) is 37.6 Å². The number of rotatable bonds is 1. The maximum absolute atomic E-state index is 12.5. The van der Waals surface area contributed by atoms with E-state index >= 15 is 0 Å². The molecule has 0 atom stereocenters. The van der Waals surface area contributed by atoms with Crippen molar-refractivity contribution in [1.82, 2.24) is 4.90 Å². The van der Waals surface area contributed by atoms with E-state index in [1.165, 1.54) is 5.56 Å². The third kappa shape index (κ3) is 2.80. The number of anilines is 1. The topological polar surface area (TPSA) is 35.9 Å². The molecule has 3 rings (SSSR count). The molecule has 1 aromatic rings. The van der Waals surface area contributed by atoms with E-state index in [2.05, 4.69) is 9.89 Å². The molecule has 1 saturated heterocycles. The van der Waals surface area contributed by atoms with E-state index in [9.17, 15) is 18.0 Å². The number of nitrogens with zero attached hydrogens (tertiary/aromatic N) is 3. The van der Waals surface area contributed by atoms with Crippen LogP contribution in [0.5, 0.6) is 0 Å². The Hall–Kier alpha value is -2.05. The second kappa shape index (κ2) is 5.62. The number of hydrogen-bond donors (Lipinski definition) is 0. The van der Waals surface area contributed by atoms with Crippen LogP contribution >= 0.6 is 0 Å². The van der Waals surface area contributed by atoms with Crippen LogP contribution in [0.4, 0.5) is 18.9 Å². The lowest BCUT2D eigenvalue weighted by Crippen LogP contribution is -2.52. The highest BCUT2D eigenvalue weighted by molar-refractivity contribution is 5.86. The molecular weight excluding hydrogens is 295 g/mol. The average molecular weight is 311 g/mol. The van der Waals surface area contributed by atoms with Crippen molar-refractivity contribution in [1.29, 1.82) is 0 Å². The molecule has 1 amide bonds. The monoisotopic (exact) mass is 311 g/mol. The fraction of sp³-hybridized carbons (Fsp3) is 0.467. The molecule has 0 saturated carbocycles. The molecule has 22 heavy (non-hydrogen) atoms. The molecule has 2 aliphatic rings. The zero-order valence-electron chi connectivity index (χ0n) is 11.9. The number of aliphatic imine (C=N–C) groups is 1. The van der Waals surface area contributed by atoms with Gasteiger partial charge in [-0.05, 0) is 23.6 Å². The molecule has 1 aromatic carbocycles. The Balaban J connectivity index is 1.73. The normalized spacial score (nSPS) is 18.3. The first-order valence-electron chi connectivity index (χ1n) is 7.19. The van der Waals surface area contributed by atoms with Crippen molar-refractivity contribution in [3.63, 3.8) is 0 Å². The summed E-state index contributed by atoms with van der Waals surface area (Å²) in [6.45, 7) is 1.74. The summed E-state index contributed by atoms with van der Waals surface area (Å²) in [5.41, 5.74) is 3.30. The first-order valence-corrected chi connectivity index (χ1v) is 7.19. The van der Waals surface area contributed by atoms with Gasteiger partial charge in [-0.3, -0.25) is 9.79 Å². The van der Waals surface area contributed by atoms with Crippen molar-refractivity contribution in [2.24, 2.45) is 4.99 Å². The number of hydrogen-bond acceptors (Lipinski definition) is 3. The zero-order valence-corrected chi connectivity index (χ0v) is 11.9. The van der Waals surface area contributed by atoms with Gasteiger partial charge in [0.05, 0.1) is 0 Å². The number of carbonyl (C=O) groups is 1. The number of piperazine rings is 1. The Labute approximate surface area is 126 Å². The third-order valence-electron chi connectivity index (χ3n) is 4.06. The standard InChI is InChI=1S/C15H16F3N3O/c16-15(17,18)14(22)21-8-6-20(7-9-21)13-3-1-2-11-10-19-5-4-12(11)13/h1-3,10H,4-9H2. The van der Waals surface area contributed by atoms with Gasteiger partial charge in [0.1, 0.15) is 0 Å². The summed E-state index contributed by atoms with van der Waals surface area (Å²) in [6, 6.07) is 5.91. The number of halogens is 3. The lowest BCUT2D eigenvalue weighted by molar-refractivity contribution is -0.185. The number of carbonyl (C=O) groups excluding carboxylic acids is 1. The first-order chi connectivity index (χ1) is 10.5. The minimum absolute atomic E-state index is 0.0934. The number of amides is 1. The van der Waals surface area contributed by atoms with Crippen LogP contribution in [0.3, 0.4) is 0 Å². The van der Waals surface area contributed by atoms with E-state index in [0.717, 1.165) is 29.1 Å². The van der Waals surface area contributed by atoms with Crippen LogP contribution in [0.2, 0.25) is 0 Å². The van der Waals surface area contributed by atoms with Crippen molar-refractivity contribution in [2.45, 2.75) is 12.6 Å². The van der Waals surface area contributed by atoms with Gasteiger partial charge >= 0.3 is 12.1 Å². The third-order valence-corrected chi connectivity index (χ3v) is 4.06. The molecule has 2 aliphatic heterocycles. The van der Waals surface area contributed by atoms with Crippen LogP contribution in [0.1, 0.15) is 11.1 Å². The molecule has 0 aliphatic carbocycles. The SMILES string of the molecule is O=C(N1CCN(c2cccc3c2CCN=C3)CC1)C(F)(F)F. The van der Waals surface area contributed by atoms with Gasteiger partial charge in [0.25, 0.3) is 0 Å². The second-order valence-electron chi connectivity index (χ2n) is 5.41. The van der Waals surface area contributed by atoms with Crippen LogP contribution in [0.25, 0.3) is 0 Å². The fourth-order valence-electron chi connectivity index (χ4n) is 2.95. The van der Waals surface area contributed by atoms with Gasteiger partial charge < -0.3 is 9.80 Å². The molecule has 0 unspecified atom stereocenters. The smallest absolute Gasteiger partial charge is 0.368 e. The highest BCUT2D eigenvalue weighted by Crippen LogP contribution is 2.27. The molecule has 4 nitrogen and oxygen atoms in total. The summed E-state index contributed by atoms with van der Waals surface area (Å²) >= 11 is 0. The Morgan fingerprint density at radius 2 is 1.86 bits per heavy atom. The molecule has 118 valence electrons. The minimum Gasteiger partial charge on any atom is -0.368 e. The molecule has 0 radical (unpaired) electrons. The molecule has 0 spiro atoms. The molecule has 0 aromatic heterocycles. The average Bonchev–Trinajstić information content (AvgIpc) is 2.53. The summed E-state index contributed by atoms with van der Waals surface area (Å²) in [4.78, 5) is 18.4. The maximum Gasteiger partial charge on any atom is 0.471 e. The van der Waals surface area contributed by atoms with E-state index in [1.54, 1.807) is 0 Å². The predicted octanol–water partition coefficient (Wildman–Crippen LogP) is 1.87. The van der Waals surface area contributed by atoms with E-state index in [1.807, 2.05) is 24.4 Å². The molecule has 7 heteroatoms. The fourth-order valence-corrected chi connectivity index (χ4v) is 2.95. The van der Waals surface area contributed by atoms with Crippen molar-refractivity contribution < 1.29 is 18.0 Å². The number of alkyl halides is 3. The lowest BCUT2D eigenvalue weighted by Gasteiger charge is -2.37. The van der Waals surface area contributed by atoms with Gasteiger partial charge in [-0.15, -0.1) is 0 Å². The van der Waals surface area contributed by atoms with Gasteiger partial charge in [0.15, 0.2) is 0 Å². The zero-order chi connectivity index (χ0) is 15.7. The van der Waals surface area contributed by atoms with Gasteiger partial charge in [-0.1, -0.05) is 12.1 Å². The van der Waals surface area contributed by atoms with Crippen LogP contribution in [-0.2, 0) is 11.2 Å². The summed E-state index contributed by atoms with van der Waals surface area (Å²) in [5.74, 6) is -1.74. The molecule has 0 N–H and O–H groups in total. The molecule has 2 heterocycles. The Morgan fingerprint density at radius 1 is 1.14 bits per heavy atom. The quantitative estimate of drug-likeness (QED) is 0.794. The van der Waals surface area contributed by atoms with Crippen LogP contribution in [0, 0.1) is 0 Å². The Morgan fingerprint density at radius 3 is 2.55 bits per heavy atom. The lowest BCUT2D eigenvalue weighted by atomic mass is 9.99. The summed E-state index contributed by atoms with van der Waals surface area (Å²) < 4.78 is 37.4. The van der Waals surface area contributed by atoms with E-state index < -0.39 is 12.1 Å².